The lowest BCUT2D eigenvalue weighted by Crippen LogP contribution is -2.37. The highest BCUT2D eigenvalue weighted by Crippen LogP contribution is 2.30. The Morgan fingerprint density at radius 3 is 2.56 bits per heavy atom. The largest absolute Gasteiger partial charge is 0.417 e. The van der Waals surface area contributed by atoms with Crippen LogP contribution < -0.4 is 9.62 Å². The van der Waals surface area contributed by atoms with Crippen LogP contribution in [0.4, 0.5) is 23.4 Å². The van der Waals surface area contributed by atoms with Crippen LogP contribution in [-0.4, -0.2) is 32.5 Å². The minimum atomic E-state index is -4.47. The average molecular weight is 424 g/mol. The molecule has 0 bridgehead atoms. The van der Waals surface area contributed by atoms with E-state index in [4.69, 9.17) is 11.6 Å². The van der Waals surface area contributed by atoms with E-state index in [0.29, 0.717) is 18.8 Å². The summed E-state index contributed by atoms with van der Waals surface area (Å²) < 4.78 is 78.3. The molecule has 1 fully saturated rings. The molecule has 1 saturated heterocycles. The van der Waals surface area contributed by atoms with E-state index in [1.54, 1.807) is 4.90 Å². The lowest BCUT2D eigenvalue weighted by atomic mass is 10.3. The number of nitrogens with zero attached hydrogens (tertiary/aromatic N) is 2. The number of alkyl halides is 3. The van der Waals surface area contributed by atoms with Gasteiger partial charge >= 0.3 is 6.18 Å². The van der Waals surface area contributed by atoms with Gasteiger partial charge in [-0.2, -0.15) is 13.2 Å². The van der Waals surface area contributed by atoms with E-state index in [1.807, 2.05) is 0 Å². The SMILES string of the molecule is O=S(=O)(N[C@H]1CCN(c2ccc(C(F)(F)F)cn2)C1)c1ccc(F)c(Cl)c1. The van der Waals surface area contributed by atoms with Crippen LogP contribution in [0.25, 0.3) is 0 Å². The van der Waals surface area contributed by atoms with E-state index >= 15 is 0 Å². The normalized spacial score (nSPS) is 18.1. The third-order valence-electron chi connectivity index (χ3n) is 4.11. The van der Waals surface area contributed by atoms with Gasteiger partial charge in [-0.1, -0.05) is 11.6 Å². The fourth-order valence-corrected chi connectivity index (χ4v) is 4.27. The van der Waals surface area contributed by atoms with Gasteiger partial charge in [-0.15, -0.1) is 0 Å². The first-order chi connectivity index (χ1) is 12.6. The van der Waals surface area contributed by atoms with E-state index in [-0.39, 0.29) is 16.5 Å². The van der Waals surface area contributed by atoms with E-state index in [1.165, 1.54) is 6.07 Å². The van der Waals surface area contributed by atoms with Gasteiger partial charge in [-0.05, 0) is 36.8 Å². The van der Waals surface area contributed by atoms with Crippen molar-refractivity contribution in [3.63, 3.8) is 0 Å². The number of hydrogen-bond acceptors (Lipinski definition) is 4. The summed E-state index contributed by atoms with van der Waals surface area (Å²) in [6, 6.07) is 4.80. The molecule has 1 N–H and O–H groups in total. The van der Waals surface area contributed by atoms with Crippen LogP contribution in [0.2, 0.25) is 5.02 Å². The summed E-state index contributed by atoms with van der Waals surface area (Å²) in [6.45, 7) is 0.669. The molecular formula is C16H14ClF4N3O2S. The zero-order valence-electron chi connectivity index (χ0n) is 13.7. The molecule has 11 heteroatoms. The molecule has 0 saturated carbocycles. The average Bonchev–Trinajstić information content (AvgIpc) is 3.04. The number of sulfonamides is 1. The van der Waals surface area contributed by atoms with Gasteiger partial charge in [0, 0.05) is 25.3 Å². The molecule has 1 atom stereocenters. The third kappa shape index (κ3) is 4.50. The maximum atomic E-state index is 13.2. The lowest BCUT2D eigenvalue weighted by Gasteiger charge is -2.18. The second-order valence-corrected chi connectivity index (χ2v) is 8.15. The second kappa shape index (κ2) is 7.25. The van der Waals surface area contributed by atoms with Crippen LogP contribution >= 0.6 is 11.6 Å². The zero-order chi connectivity index (χ0) is 19.8. The fourth-order valence-electron chi connectivity index (χ4n) is 2.74. The Bertz CT molecular complexity index is 936. The number of anilines is 1. The molecule has 1 aliphatic heterocycles. The summed E-state index contributed by atoms with van der Waals surface area (Å²) >= 11 is 5.62. The van der Waals surface area contributed by atoms with E-state index in [9.17, 15) is 26.0 Å². The van der Waals surface area contributed by atoms with Crippen molar-refractivity contribution >= 4 is 27.4 Å². The van der Waals surface area contributed by atoms with Crippen molar-refractivity contribution in [3.8, 4) is 0 Å². The molecule has 0 radical (unpaired) electrons. The Morgan fingerprint density at radius 2 is 1.96 bits per heavy atom. The number of aromatic nitrogens is 1. The van der Waals surface area contributed by atoms with Crippen LogP contribution in [0.1, 0.15) is 12.0 Å². The van der Waals surface area contributed by atoms with Gasteiger partial charge in [-0.3, -0.25) is 0 Å². The molecule has 2 aromatic rings. The molecule has 1 aliphatic rings. The molecule has 0 unspecified atom stereocenters. The highest BCUT2D eigenvalue weighted by Gasteiger charge is 2.32. The van der Waals surface area contributed by atoms with Crippen LogP contribution in [0.15, 0.2) is 41.4 Å². The van der Waals surface area contributed by atoms with Gasteiger partial charge in [0.25, 0.3) is 0 Å². The summed E-state index contributed by atoms with van der Waals surface area (Å²) in [6.07, 6.45) is -3.28. The smallest absolute Gasteiger partial charge is 0.355 e. The maximum Gasteiger partial charge on any atom is 0.417 e. The minimum Gasteiger partial charge on any atom is -0.355 e. The Kier molecular flexibility index (Phi) is 5.33. The molecule has 3 rings (SSSR count). The van der Waals surface area contributed by atoms with Gasteiger partial charge < -0.3 is 4.90 Å². The molecular weight excluding hydrogens is 410 g/mol. The number of hydrogen-bond donors (Lipinski definition) is 1. The molecule has 1 aromatic heterocycles. The van der Waals surface area contributed by atoms with E-state index in [0.717, 1.165) is 30.5 Å². The van der Waals surface area contributed by atoms with E-state index < -0.39 is 33.6 Å². The van der Waals surface area contributed by atoms with Crippen molar-refractivity contribution in [2.45, 2.75) is 23.5 Å². The summed E-state index contributed by atoms with van der Waals surface area (Å²) in [5.74, 6) is -0.398. The highest BCUT2D eigenvalue weighted by molar-refractivity contribution is 7.89. The van der Waals surface area contributed by atoms with Gasteiger partial charge in [0.05, 0.1) is 15.5 Å². The molecule has 0 aliphatic carbocycles. The number of nitrogens with one attached hydrogen (secondary N) is 1. The van der Waals surface area contributed by atoms with Gasteiger partial charge in [-0.25, -0.2) is 22.5 Å². The Morgan fingerprint density at radius 1 is 1.22 bits per heavy atom. The Hall–Kier alpha value is -1.91. The predicted molar refractivity (Wildman–Crippen MR) is 91.6 cm³/mol. The van der Waals surface area contributed by atoms with Crippen LogP contribution in [0.3, 0.4) is 0 Å². The lowest BCUT2D eigenvalue weighted by molar-refractivity contribution is -0.137. The topological polar surface area (TPSA) is 62.3 Å². The van der Waals surface area contributed by atoms with Crippen molar-refractivity contribution < 1.29 is 26.0 Å². The van der Waals surface area contributed by atoms with Crippen molar-refractivity contribution in [2.24, 2.45) is 0 Å². The number of pyridine rings is 1. The fraction of sp³-hybridized carbons (Fsp3) is 0.312. The summed E-state index contributed by atoms with van der Waals surface area (Å²) in [5.41, 5.74) is -0.851. The molecule has 146 valence electrons. The number of rotatable bonds is 4. The molecule has 27 heavy (non-hydrogen) atoms. The van der Waals surface area contributed by atoms with Crippen molar-refractivity contribution in [1.82, 2.24) is 9.71 Å². The molecule has 2 heterocycles. The first-order valence-corrected chi connectivity index (χ1v) is 9.68. The number of halogens is 5. The minimum absolute atomic E-state index is 0.167. The molecule has 0 amide bonds. The van der Waals surface area contributed by atoms with Crippen LogP contribution in [0.5, 0.6) is 0 Å². The summed E-state index contributed by atoms with van der Waals surface area (Å²) in [5, 5.41) is -0.306. The zero-order valence-corrected chi connectivity index (χ0v) is 15.2. The standard InChI is InChI=1S/C16H14ClF4N3O2S/c17-13-7-12(2-3-14(13)18)27(25,26)23-11-5-6-24(9-11)15-4-1-10(8-22-15)16(19,20)21/h1-4,7-8,11,23H,5-6,9H2/t11-/m0/s1. The summed E-state index contributed by atoms with van der Waals surface area (Å²) in [4.78, 5) is 5.33. The highest BCUT2D eigenvalue weighted by atomic mass is 35.5. The predicted octanol–water partition coefficient (Wildman–Crippen LogP) is 3.45. The molecule has 1 aromatic carbocycles. The van der Waals surface area contributed by atoms with Gasteiger partial charge in [0.1, 0.15) is 11.6 Å². The molecule has 5 nitrogen and oxygen atoms in total. The van der Waals surface area contributed by atoms with Crippen LogP contribution in [0, 0.1) is 5.82 Å². The summed E-state index contributed by atoms with van der Waals surface area (Å²) in [7, 11) is -3.91. The van der Waals surface area contributed by atoms with Gasteiger partial charge in [0.15, 0.2) is 0 Å². The van der Waals surface area contributed by atoms with Gasteiger partial charge in [0.2, 0.25) is 10.0 Å². The van der Waals surface area contributed by atoms with Crippen molar-refractivity contribution in [1.29, 1.82) is 0 Å². The first kappa shape index (κ1) is 19.8. The monoisotopic (exact) mass is 423 g/mol. The maximum absolute atomic E-state index is 13.2. The van der Waals surface area contributed by atoms with Crippen molar-refractivity contribution in [2.75, 3.05) is 18.0 Å². The number of benzene rings is 1. The van der Waals surface area contributed by atoms with Crippen molar-refractivity contribution in [3.05, 3.63) is 52.9 Å². The Balaban J connectivity index is 1.68. The quantitative estimate of drug-likeness (QED) is 0.765. The van der Waals surface area contributed by atoms with Crippen LogP contribution in [-0.2, 0) is 16.2 Å². The first-order valence-electron chi connectivity index (χ1n) is 7.82. The van der Waals surface area contributed by atoms with E-state index in [2.05, 4.69) is 9.71 Å². The second-order valence-electron chi connectivity index (χ2n) is 6.03. The Labute approximate surface area is 158 Å². The third-order valence-corrected chi connectivity index (χ3v) is 5.92. The molecule has 0 spiro atoms.